The Kier molecular flexibility index (Phi) is 25.4. The minimum Gasteiger partial charge on any atom is -0.481 e. The first-order chi connectivity index (χ1) is 20.2. The number of amides is 3. The van der Waals surface area contributed by atoms with E-state index in [1.54, 1.807) is 0 Å². The highest BCUT2D eigenvalue weighted by Crippen LogP contribution is 2.10. The molecule has 0 aliphatic heterocycles. The normalized spacial score (nSPS) is 12.3. The summed E-state index contributed by atoms with van der Waals surface area (Å²) in [4.78, 5) is 59.5. The molecule has 6 N–H and O–H groups in total. The number of hydrogen-bond donors (Lipinski definition) is 6. The first kappa shape index (κ1) is 39.3. The third-order valence-corrected chi connectivity index (χ3v) is 7.12. The van der Waals surface area contributed by atoms with E-state index < -0.39 is 35.8 Å². The molecule has 0 spiro atoms. The van der Waals surface area contributed by atoms with Crippen molar-refractivity contribution in [2.45, 2.75) is 148 Å². The molecule has 0 saturated carbocycles. The number of carboxylic acids is 2. The van der Waals surface area contributed by atoms with Crippen LogP contribution in [-0.4, -0.2) is 71.6 Å². The van der Waals surface area contributed by atoms with E-state index in [0.29, 0.717) is 26.1 Å². The van der Waals surface area contributed by atoms with E-state index >= 15 is 0 Å². The third kappa shape index (κ3) is 24.0. The molecule has 0 aromatic carbocycles. The number of carboxylic acid groups (broad SMARTS) is 2. The Balaban J connectivity index is 4.19. The summed E-state index contributed by atoms with van der Waals surface area (Å²) >= 11 is 0. The predicted octanol–water partition coefficient (Wildman–Crippen LogP) is 4.28. The van der Waals surface area contributed by atoms with Gasteiger partial charge in [-0.3, -0.25) is 24.0 Å². The molecule has 42 heavy (non-hydrogen) atoms. The summed E-state index contributed by atoms with van der Waals surface area (Å²) in [7, 11) is 0. The highest BCUT2D eigenvalue weighted by atomic mass is 16.4. The predicted molar refractivity (Wildman–Crippen MR) is 164 cm³/mol. The van der Waals surface area contributed by atoms with Crippen LogP contribution in [0, 0.1) is 0 Å². The average Bonchev–Trinajstić information content (AvgIpc) is 2.95. The van der Waals surface area contributed by atoms with Gasteiger partial charge in [-0.2, -0.15) is 0 Å². The van der Waals surface area contributed by atoms with Crippen LogP contribution >= 0.6 is 0 Å². The van der Waals surface area contributed by atoms with Crippen molar-refractivity contribution in [1.82, 2.24) is 21.3 Å². The van der Waals surface area contributed by atoms with Gasteiger partial charge in [0.1, 0.15) is 6.04 Å². The number of hydrogen-bond acceptors (Lipinski definition) is 6. The summed E-state index contributed by atoms with van der Waals surface area (Å²) in [6.07, 6.45) is 15.2. The zero-order valence-corrected chi connectivity index (χ0v) is 26.1. The van der Waals surface area contributed by atoms with Gasteiger partial charge in [0.15, 0.2) is 0 Å². The summed E-state index contributed by atoms with van der Waals surface area (Å²) in [6, 6.07) is -1.81. The molecule has 11 nitrogen and oxygen atoms in total. The SMILES string of the molecule is CCCCCCCCCCCC(=O)NCCCCCCNC(=O)C(CCC(=O)O)NC(=O)C(CCC(=O)O)NCCC. The molecule has 2 atom stereocenters. The van der Waals surface area contributed by atoms with Crippen LogP contribution in [0.4, 0.5) is 0 Å². The van der Waals surface area contributed by atoms with Gasteiger partial charge in [0, 0.05) is 32.4 Å². The van der Waals surface area contributed by atoms with E-state index in [1.807, 2.05) is 6.92 Å². The fraction of sp³-hybridized carbons (Fsp3) is 0.839. The number of rotatable bonds is 29. The number of carbonyl (C=O) groups excluding carboxylic acids is 3. The molecule has 0 rings (SSSR count). The maximum absolute atomic E-state index is 12.8. The summed E-state index contributed by atoms with van der Waals surface area (Å²) in [5.74, 6) is -2.97. The van der Waals surface area contributed by atoms with Gasteiger partial charge in [0.25, 0.3) is 0 Å². The lowest BCUT2D eigenvalue weighted by atomic mass is 10.1. The molecule has 0 fully saturated rings. The van der Waals surface area contributed by atoms with Gasteiger partial charge >= 0.3 is 11.9 Å². The van der Waals surface area contributed by atoms with Crippen molar-refractivity contribution in [3.8, 4) is 0 Å². The molecule has 0 aliphatic carbocycles. The van der Waals surface area contributed by atoms with Crippen LogP contribution < -0.4 is 21.3 Å². The second-order valence-corrected chi connectivity index (χ2v) is 11.1. The lowest BCUT2D eigenvalue weighted by molar-refractivity contribution is -0.139. The lowest BCUT2D eigenvalue weighted by Gasteiger charge is -2.22. The van der Waals surface area contributed by atoms with Gasteiger partial charge in [-0.25, -0.2) is 0 Å². The summed E-state index contributed by atoms with van der Waals surface area (Å²) in [5.41, 5.74) is 0. The summed E-state index contributed by atoms with van der Waals surface area (Å²) in [6.45, 7) is 5.67. The minimum absolute atomic E-state index is 0.0636. The molecule has 0 bridgehead atoms. The van der Waals surface area contributed by atoms with Crippen LogP contribution in [0.15, 0.2) is 0 Å². The zero-order chi connectivity index (χ0) is 31.4. The van der Waals surface area contributed by atoms with E-state index in [4.69, 9.17) is 10.2 Å². The van der Waals surface area contributed by atoms with Crippen molar-refractivity contribution < 1.29 is 34.2 Å². The van der Waals surface area contributed by atoms with Crippen LogP contribution in [0.3, 0.4) is 0 Å². The van der Waals surface area contributed by atoms with Gasteiger partial charge in [0.05, 0.1) is 6.04 Å². The highest BCUT2D eigenvalue weighted by Gasteiger charge is 2.26. The van der Waals surface area contributed by atoms with Crippen molar-refractivity contribution in [1.29, 1.82) is 0 Å². The topological polar surface area (TPSA) is 174 Å². The fourth-order valence-corrected chi connectivity index (χ4v) is 4.57. The van der Waals surface area contributed by atoms with E-state index in [0.717, 1.165) is 44.9 Å². The molecule has 244 valence electrons. The summed E-state index contributed by atoms with van der Waals surface area (Å²) in [5, 5.41) is 29.4. The molecule has 11 heteroatoms. The minimum atomic E-state index is -1.08. The Bertz CT molecular complexity index is 764. The van der Waals surface area contributed by atoms with Gasteiger partial charge in [-0.15, -0.1) is 0 Å². The van der Waals surface area contributed by atoms with Gasteiger partial charge in [-0.1, -0.05) is 78.1 Å². The molecule has 0 aromatic heterocycles. The van der Waals surface area contributed by atoms with Crippen LogP contribution in [0.2, 0.25) is 0 Å². The zero-order valence-electron chi connectivity index (χ0n) is 26.1. The largest absolute Gasteiger partial charge is 0.481 e. The number of nitrogens with one attached hydrogen (secondary N) is 4. The fourth-order valence-electron chi connectivity index (χ4n) is 4.57. The second kappa shape index (κ2) is 27.2. The number of unbranched alkanes of at least 4 members (excludes halogenated alkanes) is 11. The van der Waals surface area contributed by atoms with E-state index in [2.05, 4.69) is 28.2 Å². The van der Waals surface area contributed by atoms with Crippen LogP contribution in [0.5, 0.6) is 0 Å². The van der Waals surface area contributed by atoms with Crippen LogP contribution in [0.25, 0.3) is 0 Å². The first-order valence-electron chi connectivity index (χ1n) is 16.2. The molecule has 0 aliphatic rings. The third-order valence-electron chi connectivity index (χ3n) is 7.12. The van der Waals surface area contributed by atoms with Crippen molar-refractivity contribution in [3.05, 3.63) is 0 Å². The van der Waals surface area contributed by atoms with E-state index in [1.165, 1.54) is 44.9 Å². The quantitative estimate of drug-likeness (QED) is 0.0692. The molecule has 0 radical (unpaired) electrons. The number of aliphatic carboxylic acids is 2. The smallest absolute Gasteiger partial charge is 0.303 e. The van der Waals surface area contributed by atoms with Crippen molar-refractivity contribution in [2.24, 2.45) is 0 Å². The molecular formula is C31H58N4O7. The summed E-state index contributed by atoms with van der Waals surface area (Å²) < 4.78 is 0. The monoisotopic (exact) mass is 598 g/mol. The molecule has 2 unspecified atom stereocenters. The Morgan fingerprint density at radius 1 is 0.524 bits per heavy atom. The standard InChI is InChI=1S/C31H58N4O7/c1-3-5-6-7-8-9-10-11-14-17-27(36)33-23-15-12-13-16-24-34-30(41)26(19-21-29(39)40)35-31(42)25(32-22-4-2)18-20-28(37)38/h25-26,32H,3-24H2,1-2H3,(H,33,36)(H,34,41)(H,35,42)(H,37,38)(H,39,40). The van der Waals surface area contributed by atoms with Crippen LogP contribution in [-0.2, 0) is 24.0 Å². The Labute approximate surface area is 252 Å². The maximum Gasteiger partial charge on any atom is 0.303 e. The Morgan fingerprint density at radius 2 is 1.02 bits per heavy atom. The maximum atomic E-state index is 12.8. The molecule has 0 saturated heterocycles. The highest BCUT2D eigenvalue weighted by molar-refractivity contribution is 5.90. The van der Waals surface area contributed by atoms with E-state index in [-0.39, 0.29) is 31.6 Å². The Hall–Kier alpha value is -2.69. The average molecular weight is 599 g/mol. The number of carbonyl (C=O) groups is 5. The van der Waals surface area contributed by atoms with E-state index in [9.17, 15) is 24.0 Å². The lowest BCUT2D eigenvalue weighted by Crippen LogP contribution is -2.53. The van der Waals surface area contributed by atoms with Gasteiger partial charge in [-0.05, 0) is 45.1 Å². The van der Waals surface area contributed by atoms with Crippen molar-refractivity contribution in [3.63, 3.8) is 0 Å². The van der Waals surface area contributed by atoms with Gasteiger partial charge < -0.3 is 31.5 Å². The van der Waals surface area contributed by atoms with Crippen LogP contribution in [0.1, 0.15) is 136 Å². The molecular weight excluding hydrogens is 540 g/mol. The van der Waals surface area contributed by atoms with Crippen molar-refractivity contribution >= 4 is 29.7 Å². The first-order valence-corrected chi connectivity index (χ1v) is 16.2. The molecule has 0 heterocycles. The second-order valence-electron chi connectivity index (χ2n) is 11.1. The molecule has 0 aromatic rings. The Morgan fingerprint density at radius 3 is 1.57 bits per heavy atom. The van der Waals surface area contributed by atoms with Gasteiger partial charge in [0.2, 0.25) is 17.7 Å². The molecule has 3 amide bonds. The van der Waals surface area contributed by atoms with Crippen molar-refractivity contribution in [2.75, 3.05) is 19.6 Å².